The van der Waals surface area contributed by atoms with Crippen molar-refractivity contribution < 1.29 is 9.66 Å². The van der Waals surface area contributed by atoms with Gasteiger partial charge in [-0.2, -0.15) is 0 Å². The SMILES string of the molecule is CC1CN(c2cc(N)cc([N+](=O)[O-])c2)CCO1. The molecule has 1 aromatic rings. The number of hydrogen-bond acceptors (Lipinski definition) is 5. The fourth-order valence-corrected chi connectivity index (χ4v) is 1.96. The molecule has 1 aliphatic rings. The van der Waals surface area contributed by atoms with E-state index in [1.165, 1.54) is 6.07 Å². The van der Waals surface area contributed by atoms with Gasteiger partial charge in [0.05, 0.1) is 17.6 Å². The first-order valence-electron chi connectivity index (χ1n) is 5.48. The van der Waals surface area contributed by atoms with E-state index < -0.39 is 4.92 Å². The van der Waals surface area contributed by atoms with Crippen LogP contribution >= 0.6 is 0 Å². The van der Waals surface area contributed by atoms with Gasteiger partial charge >= 0.3 is 0 Å². The highest BCUT2D eigenvalue weighted by molar-refractivity contribution is 5.62. The molecule has 0 spiro atoms. The van der Waals surface area contributed by atoms with E-state index in [4.69, 9.17) is 10.5 Å². The minimum absolute atomic E-state index is 0.0270. The molecular formula is C11H15N3O3. The quantitative estimate of drug-likeness (QED) is 0.477. The lowest BCUT2D eigenvalue weighted by Crippen LogP contribution is -2.41. The van der Waals surface area contributed by atoms with Crippen LogP contribution in [0.3, 0.4) is 0 Å². The number of benzene rings is 1. The van der Waals surface area contributed by atoms with Crippen LogP contribution in [0.1, 0.15) is 6.92 Å². The van der Waals surface area contributed by atoms with Gasteiger partial charge in [0, 0.05) is 36.6 Å². The monoisotopic (exact) mass is 237 g/mol. The van der Waals surface area contributed by atoms with E-state index in [2.05, 4.69) is 4.90 Å². The van der Waals surface area contributed by atoms with Gasteiger partial charge in [-0.3, -0.25) is 10.1 Å². The van der Waals surface area contributed by atoms with Crippen molar-refractivity contribution in [2.75, 3.05) is 30.3 Å². The molecule has 1 saturated heterocycles. The normalized spacial score (nSPS) is 20.3. The molecule has 1 aromatic carbocycles. The van der Waals surface area contributed by atoms with Crippen LogP contribution in [0.2, 0.25) is 0 Å². The summed E-state index contributed by atoms with van der Waals surface area (Å²) >= 11 is 0. The Hall–Kier alpha value is -1.82. The molecule has 0 amide bonds. The summed E-state index contributed by atoms with van der Waals surface area (Å²) in [6.07, 6.45) is 0.129. The Balaban J connectivity index is 2.28. The average molecular weight is 237 g/mol. The van der Waals surface area contributed by atoms with Crippen LogP contribution in [0.15, 0.2) is 18.2 Å². The molecule has 17 heavy (non-hydrogen) atoms. The Bertz CT molecular complexity index is 436. The fraction of sp³-hybridized carbons (Fsp3) is 0.455. The van der Waals surface area contributed by atoms with Gasteiger partial charge in [-0.25, -0.2) is 0 Å². The van der Waals surface area contributed by atoms with Crippen molar-refractivity contribution in [3.63, 3.8) is 0 Å². The van der Waals surface area contributed by atoms with Crippen molar-refractivity contribution in [1.29, 1.82) is 0 Å². The van der Waals surface area contributed by atoms with Crippen LogP contribution in [0.4, 0.5) is 17.1 Å². The minimum atomic E-state index is -0.427. The molecule has 1 aliphatic heterocycles. The van der Waals surface area contributed by atoms with Crippen LogP contribution < -0.4 is 10.6 Å². The zero-order chi connectivity index (χ0) is 12.4. The lowest BCUT2D eigenvalue weighted by atomic mass is 10.2. The summed E-state index contributed by atoms with van der Waals surface area (Å²) in [7, 11) is 0. The van der Waals surface area contributed by atoms with Crippen LogP contribution in [0.25, 0.3) is 0 Å². The van der Waals surface area contributed by atoms with Crippen molar-refractivity contribution >= 4 is 17.1 Å². The minimum Gasteiger partial charge on any atom is -0.398 e. The second-order valence-electron chi connectivity index (χ2n) is 4.17. The number of hydrogen-bond donors (Lipinski definition) is 1. The summed E-state index contributed by atoms with van der Waals surface area (Å²) in [6.45, 7) is 4.06. The molecule has 1 atom stereocenters. The molecule has 6 nitrogen and oxygen atoms in total. The zero-order valence-electron chi connectivity index (χ0n) is 9.63. The van der Waals surface area contributed by atoms with E-state index in [0.29, 0.717) is 12.3 Å². The Labute approximate surface area is 99.1 Å². The van der Waals surface area contributed by atoms with Gasteiger partial charge in [-0.05, 0) is 13.0 Å². The number of non-ortho nitro benzene ring substituents is 1. The number of morpholine rings is 1. The maximum atomic E-state index is 10.8. The Morgan fingerprint density at radius 2 is 2.29 bits per heavy atom. The largest absolute Gasteiger partial charge is 0.398 e. The number of nitrogens with zero attached hydrogens (tertiary/aromatic N) is 2. The molecule has 6 heteroatoms. The third-order valence-electron chi connectivity index (χ3n) is 2.74. The molecule has 2 N–H and O–H groups in total. The first-order chi connectivity index (χ1) is 8.06. The highest BCUT2D eigenvalue weighted by Gasteiger charge is 2.19. The second kappa shape index (κ2) is 4.58. The second-order valence-corrected chi connectivity index (χ2v) is 4.17. The number of nitrogens with two attached hydrogens (primary N) is 1. The molecular weight excluding hydrogens is 222 g/mol. The van der Waals surface area contributed by atoms with Crippen LogP contribution in [-0.4, -0.2) is 30.7 Å². The topological polar surface area (TPSA) is 81.6 Å². The zero-order valence-corrected chi connectivity index (χ0v) is 9.63. The van der Waals surface area contributed by atoms with Crippen LogP contribution in [-0.2, 0) is 4.74 Å². The molecule has 0 saturated carbocycles. The predicted molar refractivity (Wildman–Crippen MR) is 65.1 cm³/mol. The molecule has 0 bridgehead atoms. The van der Waals surface area contributed by atoms with Crippen molar-refractivity contribution in [2.24, 2.45) is 0 Å². The van der Waals surface area contributed by atoms with Crippen molar-refractivity contribution in [2.45, 2.75) is 13.0 Å². The predicted octanol–water partition coefficient (Wildman–Crippen LogP) is 1.40. The summed E-state index contributed by atoms with van der Waals surface area (Å²) in [4.78, 5) is 12.4. The smallest absolute Gasteiger partial charge is 0.273 e. The van der Waals surface area contributed by atoms with Gasteiger partial charge in [0.1, 0.15) is 0 Å². The summed E-state index contributed by atoms with van der Waals surface area (Å²) in [6, 6.07) is 4.67. The molecule has 1 fully saturated rings. The first kappa shape index (κ1) is 11.7. The van der Waals surface area contributed by atoms with E-state index >= 15 is 0 Å². The average Bonchev–Trinajstić information content (AvgIpc) is 2.28. The number of nitrogen functional groups attached to an aromatic ring is 1. The van der Waals surface area contributed by atoms with E-state index in [-0.39, 0.29) is 11.8 Å². The number of ether oxygens (including phenoxy) is 1. The standard InChI is InChI=1S/C11H15N3O3/c1-8-7-13(2-3-17-8)10-4-9(12)5-11(6-10)14(15)16/h4-6,8H,2-3,7,12H2,1H3. The van der Waals surface area contributed by atoms with Gasteiger partial charge in [-0.1, -0.05) is 0 Å². The van der Waals surface area contributed by atoms with E-state index in [0.717, 1.165) is 18.8 Å². The number of nitro groups is 1. The third kappa shape index (κ3) is 2.65. The maximum Gasteiger partial charge on any atom is 0.273 e. The molecule has 1 unspecified atom stereocenters. The molecule has 0 aromatic heterocycles. The Kier molecular flexibility index (Phi) is 3.14. The van der Waals surface area contributed by atoms with E-state index in [1.807, 2.05) is 6.92 Å². The van der Waals surface area contributed by atoms with Gasteiger partial charge in [0.15, 0.2) is 0 Å². The van der Waals surface area contributed by atoms with Gasteiger partial charge in [0.25, 0.3) is 5.69 Å². The molecule has 92 valence electrons. The van der Waals surface area contributed by atoms with Crippen LogP contribution in [0.5, 0.6) is 0 Å². The molecule has 2 rings (SSSR count). The van der Waals surface area contributed by atoms with E-state index in [9.17, 15) is 10.1 Å². The summed E-state index contributed by atoms with van der Waals surface area (Å²) < 4.78 is 5.43. The molecule has 1 heterocycles. The summed E-state index contributed by atoms with van der Waals surface area (Å²) in [5.74, 6) is 0. The van der Waals surface area contributed by atoms with Gasteiger partial charge < -0.3 is 15.4 Å². The van der Waals surface area contributed by atoms with Crippen LogP contribution in [0, 0.1) is 10.1 Å². The number of rotatable bonds is 2. The lowest BCUT2D eigenvalue weighted by molar-refractivity contribution is -0.384. The first-order valence-corrected chi connectivity index (χ1v) is 5.48. The van der Waals surface area contributed by atoms with Crippen molar-refractivity contribution in [1.82, 2.24) is 0 Å². The fourth-order valence-electron chi connectivity index (χ4n) is 1.96. The number of nitro benzene ring substituents is 1. The van der Waals surface area contributed by atoms with Crippen molar-refractivity contribution in [3.05, 3.63) is 28.3 Å². The summed E-state index contributed by atoms with van der Waals surface area (Å²) in [5, 5.41) is 10.8. The Morgan fingerprint density at radius 3 is 2.94 bits per heavy atom. The maximum absolute atomic E-state index is 10.8. The summed E-state index contributed by atoms with van der Waals surface area (Å²) in [5.41, 5.74) is 6.90. The highest BCUT2D eigenvalue weighted by atomic mass is 16.6. The lowest BCUT2D eigenvalue weighted by Gasteiger charge is -2.32. The highest BCUT2D eigenvalue weighted by Crippen LogP contribution is 2.26. The third-order valence-corrected chi connectivity index (χ3v) is 2.74. The Morgan fingerprint density at radius 1 is 1.53 bits per heavy atom. The van der Waals surface area contributed by atoms with Gasteiger partial charge in [-0.15, -0.1) is 0 Å². The molecule has 0 aliphatic carbocycles. The molecule has 0 radical (unpaired) electrons. The van der Waals surface area contributed by atoms with E-state index in [1.54, 1.807) is 12.1 Å². The van der Waals surface area contributed by atoms with Crippen molar-refractivity contribution in [3.8, 4) is 0 Å². The number of anilines is 2. The van der Waals surface area contributed by atoms with Gasteiger partial charge in [0.2, 0.25) is 0 Å².